The Balaban J connectivity index is 3.41. The Morgan fingerprint density at radius 2 is 2.06 bits per heavy atom. The molecule has 0 spiro atoms. The molecular formula is C16H21ClO. The summed E-state index contributed by atoms with van der Waals surface area (Å²) in [6.45, 7) is 8.87. The van der Waals surface area contributed by atoms with Crippen LogP contribution >= 0.6 is 11.6 Å². The number of hydrogen-bond acceptors (Lipinski definition) is 1. The first kappa shape index (κ1) is 14.9. The first-order valence-corrected chi connectivity index (χ1v) is 6.80. The summed E-state index contributed by atoms with van der Waals surface area (Å²) in [4.78, 5) is 0. The third-order valence-corrected chi connectivity index (χ3v) is 3.65. The Labute approximate surface area is 115 Å². The van der Waals surface area contributed by atoms with Gasteiger partial charge in [-0.3, -0.25) is 0 Å². The van der Waals surface area contributed by atoms with Gasteiger partial charge in [-0.15, -0.1) is 12.3 Å². The first-order chi connectivity index (χ1) is 8.56. The van der Waals surface area contributed by atoms with E-state index in [9.17, 15) is 0 Å². The number of benzene rings is 1. The molecule has 0 N–H and O–H groups in total. The van der Waals surface area contributed by atoms with Gasteiger partial charge in [-0.1, -0.05) is 18.5 Å². The van der Waals surface area contributed by atoms with Crippen LogP contribution in [-0.4, -0.2) is 6.61 Å². The maximum atomic E-state index is 6.29. The molecule has 0 saturated heterocycles. The van der Waals surface area contributed by atoms with Crippen molar-refractivity contribution in [2.24, 2.45) is 0 Å². The van der Waals surface area contributed by atoms with Gasteiger partial charge in [0.25, 0.3) is 0 Å². The zero-order chi connectivity index (χ0) is 13.7. The van der Waals surface area contributed by atoms with Crippen LogP contribution in [0.25, 0.3) is 0 Å². The van der Waals surface area contributed by atoms with E-state index >= 15 is 0 Å². The Morgan fingerprint density at radius 3 is 2.56 bits per heavy atom. The van der Waals surface area contributed by atoms with E-state index in [0.717, 1.165) is 34.7 Å². The molecule has 0 aromatic heterocycles. The summed E-state index contributed by atoms with van der Waals surface area (Å²) >= 11 is 6.29. The summed E-state index contributed by atoms with van der Waals surface area (Å²) in [7, 11) is 0. The zero-order valence-electron chi connectivity index (χ0n) is 11.6. The summed E-state index contributed by atoms with van der Waals surface area (Å²) in [6.07, 6.45) is 7.18. The van der Waals surface area contributed by atoms with Crippen molar-refractivity contribution in [3.63, 3.8) is 0 Å². The minimum Gasteiger partial charge on any atom is -0.493 e. The van der Waals surface area contributed by atoms with Crippen molar-refractivity contribution in [1.82, 2.24) is 0 Å². The van der Waals surface area contributed by atoms with Crippen LogP contribution in [0.5, 0.6) is 5.75 Å². The molecule has 0 amide bonds. The molecule has 0 aliphatic heterocycles. The predicted molar refractivity (Wildman–Crippen MR) is 78.6 cm³/mol. The molecule has 1 unspecified atom stereocenters. The van der Waals surface area contributed by atoms with Gasteiger partial charge in [0.05, 0.1) is 6.61 Å². The molecule has 1 rings (SSSR count). The molecule has 1 atom stereocenters. The normalized spacial score (nSPS) is 12.0. The Bertz CT molecular complexity index is 457. The highest BCUT2D eigenvalue weighted by Crippen LogP contribution is 2.39. The highest BCUT2D eigenvalue weighted by Gasteiger charge is 2.20. The van der Waals surface area contributed by atoms with Gasteiger partial charge >= 0.3 is 0 Å². The minimum atomic E-state index is 0.314. The lowest BCUT2D eigenvalue weighted by Gasteiger charge is -2.22. The number of halogens is 1. The van der Waals surface area contributed by atoms with E-state index in [0.29, 0.717) is 12.5 Å². The molecule has 1 aromatic rings. The second-order valence-electron chi connectivity index (χ2n) is 4.49. The molecule has 0 heterocycles. The molecule has 0 bridgehead atoms. The maximum Gasteiger partial charge on any atom is 0.126 e. The number of terminal acetylenes is 1. The third kappa shape index (κ3) is 3.00. The molecule has 1 aromatic carbocycles. The molecule has 0 aliphatic rings. The van der Waals surface area contributed by atoms with Crippen LogP contribution in [0.2, 0.25) is 5.02 Å². The smallest absolute Gasteiger partial charge is 0.126 e. The third-order valence-electron chi connectivity index (χ3n) is 3.26. The molecule has 0 radical (unpaired) electrons. The fourth-order valence-corrected chi connectivity index (χ4v) is 2.56. The quantitative estimate of drug-likeness (QED) is 0.689. The van der Waals surface area contributed by atoms with E-state index in [1.54, 1.807) is 0 Å². The molecule has 0 saturated carbocycles. The van der Waals surface area contributed by atoms with E-state index in [1.807, 2.05) is 26.8 Å². The number of hydrogen-bond donors (Lipinski definition) is 0. The molecule has 0 aliphatic carbocycles. The second-order valence-corrected chi connectivity index (χ2v) is 4.90. The summed E-state index contributed by atoms with van der Waals surface area (Å²) in [5, 5.41) is 0.793. The van der Waals surface area contributed by atoms with E-state index in [-0.39, 0.29) is 0 Å². The van der Waals surface area contributed by atoms with E-state index < -0.39 is 0 Å². The summed E-state index contributed by atoms with van der Waals surface area (Å²) < 4.78 is 5.81. The molecule has 18 heavy (non-hydrogen) atoms. The Kier molecular flexibility index (Phi) is 5.56. The van der Waals surface area contributed by atoms with E-state index in [4.69, 9.17) is 22.8 Å². The van der Waals surface area contributed by atoms with Crippen molar-refractivity contribution < 1.29 is 4.74 Å². The summed E-state index contributed by atoms with van der Waals surface area (Å²) in [6, 6.07) is 1.97. The fraction of sp³-hybridized carbons (Fsp3) is 0.500. The lowest BCUT2D eigenvalue weighted by atomic mass is 9.88. The SMILES string of the molecule is C#CCC(CC)c1c(C)c(Cl)cc(C)c1OCC. The van der Waals surface area contributed by atoms with Crippen molar-refractivity contribution in [1.29, 1.82) is 0 Å². The predicted octanol–water partition coefficient (Wildman–Crippen LogP) is 4.87. The van der Waals surface area contributed by atoms with Crippen molar-refractivity contribution in [2.45, 2.75) is 46.5 Å². The van der Waals surface area contributed by atoms with E-state index in [1.165, 1.54) is 5.56 Å². The fourth-order valence-electron chi connectivity index (χ4n) is 2.30. The lowest BCUT2D eigenvalue weighted by molar-refractivity contribution is 0.331. The Hall–Kier alpha value is -1.13. The van der Waals surface area contributed by atoms with Crippen LogP contribution in [0, 0.1) is 26.2 Å². The van der Waals surface area contributed by atoms with Gasteiger partial charge in [-0.2, -0.15) is 0 Å². The van der Waals surface area contributed by atoms with Crippen LogP contribution in [0.3, 0.4) is 0 Å². The minimum absolute atomic E-state index is 0.314. The average Bonchev–Trinajstić information content (AvgIpc) is 2.34. The van der Waals surface area contributed by atoms with Crippen LogP contribution < -0.4 is 4.74 Å². The van der Waals surface area contributed by atoms with Crippen molar-refractivity contribution in [3.8, 4) is 18.1 Å². The monoisotopic (exact) mass is 264 g/mol. The second kappa shape index (κ2) is 6.71. The van der Waals surface area contributed by atoms with E-state index in [2.05, 4.69) is 12.8 Å². The number of rotatable bonds is 5. The summed E-state index contributed by atoms with van der Waals surface area (Å²) in [5.41, 5.74) is 3.35. The standard InChI is InChI=1S/C16H21ClO/c1-6-9-13(7-2)15-12(5)14(17)10-11(4)16(15)18-8-3/h1,10,13H,7-9H2,2-5H3. The molecule has 98 valence electrons. The van der Waals surface area contributed by atoms with Gasteiger partial charge in [0.2, 0.25) is 0 Å². The van der Waals surface area contributed by atoms with Crippen LogP contribution in [0.15, 0.2) is 6.07 Å². The topological polar surface area (TPSA) is 9.23 Å². The molecule has 0 fully saturated rings. The molecule has 2 heteroatoms. The van der Waals surface area contributed by atoms with Gasteiger partial charge in [-0.25, -0.2) is 0 Å². The molecule has 1 nitrogen and oxygen atoms in total. The van der Waals surface area contributed by atoms with Gasteiger partial charge in [0, 0.05) is 17.0 Å². The van der Waals surface area contributed by atoms with Gasteiger partial charge in [0.1, 0.15) is 5.75 Å². The first-order valence-electron chi connectivity index (χ1n) is 6.42. The zero-order valence-corrected chi connectivity index (χ0v) is 12.4. The van der Waals surface area contributed by atoms with Crippen molar-refractivity contribution >= 4 is 11.6 Å². The highest BCUT2D eigenvalue weighted by molar-refractivity contribution is 6.31. The Morgan fingerprint density at radius 1 is 1.39 bits per heavy atom. The van der Waals surface area contributed by atoms with Crippen LogP contribution in [-0.2, 0) is 0 Å². The summed E-state index contributed by atoms with van der Waals surface area (Å²) in [5.74, 6) is 4.03. The average molecular weight is 265 g/mol. The van der Waals surface area contributed by atoms with Gasteiger partial charge < -0.3 is 4.74 Å². The lowest BCUT2D eigenvalue weighted by Crippen LogP contribution is -2.06. The highest BCUT2D eigenvalue weighted by atomic mass is 35.5. The largest absolute Gasteiger partial charge is 0.493 e. The van der Waals surface area contributed by atoms with Gasteiger partial charge in [0.15, 0.2) is 0 Å². The number of ether oxygens (including phenoxy) is 1. The van der Waals surface area contributed by atoms with Crippen molar-refractivity contribution in [2.75, 3.05) is 6.61 Å². The van der Waals surface area contributed by atoms with Gasteiger partial charge in [-0.05, 0) is 50.3 Å². The molecular weight excluding hydrogens is 244 g/mol. The maximum absolute atomic E-state index is 6.29. The van der Waals surface area contributed by atoms with Crippen molar-refractivity contribution in [3.05, 3.63) is 27.8 Å². The van der Waals surface area contributed by atoms with Crippen LogP contribution in [0.1, 0.15) is 49.3 Å². The number of aryl methyl sites for hydroxylation is 1. The van der Waals surface area contributed by atoms with Crippen LogP contribution in [0.4, 0.5) is 0 Å².